The summed E-state index contributed by atoms with van der Waals surface area (Å²) in [6, 6.07) is 7.71. The first-order chi connectivity index (χ1) is 10.2. The van der Waals surface area contributed by atoms with Crippen LogP contribution in [0.15, 0.2) is 24.3 Å². The van der Waals surface area contributed by atoms with E-state index in [1.165, 1.54) is 17.3 Å². The van der Waals surface area contributed by atoms with Crippen molar-refractivity contribution in [2.45, 2.75) is 46.0 Å². The minimum atomic E-state index is -0.220. The molecule has 0 unspecified atom stereocenters. The van der Waals surface area contributed by atoms with Gasteiger partial charge >= 0.3 is 5.97 Å². The second-order valence-electron chi connectivity index (χ2n) is 4.91. The maximum absolute atomic E-state index is 12.0. The monoisotopic (exact) mass is 308 g/mol. The maximum atomic E-state index is 12.0. The van der Waals surface area contributed by atoms with Gasteiger partial charge in [-0.1, -0.05) is 62.7 Å². The van der Waals surface area contributed by atoms with E-state index in [-0.39, 0.29) is 17.5 Å². The topological polar surface area (TPSA) is 43.4 Å². The molecule has 0 heterocycles. The normalized spacial score (nSPS) is 10.4. The minimum absolute atomic E-state index is 0.0133. The van der Waals surface area contributed by atoms with Crippen LogP contribution in [0.25, 0.3) is 0 Å². The molecule has 3 nitrogen and oxygen atoms in total. The molecule has 0 spiro atoms. The predicted octanol–water partition coefficient (Wildman–Crippen LogP) is 4.25. The number of carbonyl (C=O) groups is 2. The first kappa shape index (κ1) is 17.8. The van der Waals surface area contributed by atoms with Crippen molar-refractivity contribution in [2.75, 3.05) is 12.4 Å². The zero-order chi connectivity index (χ0) is 15.5. The van der Waals surface area contributed by atoms with Gasteiger partial charge in [0, 0.05) is 11.3 Å². The Morgan fingerprint density at radius 3 is 2.43 bits per heavy atom. The van der Waals surface area contributed by atoms with Crippen molar-refractivity contribution in [3.05, 3.63) is 35.4 Å². The highest BCUT2D eigenvalue weighted by Crippen LogP contribution is 2.15. The molecule has 0 aromatic heterocycles. The molecule has 0 aliphatic carbocycles. The van der Waals surface area contributed by atoms with E-state index < -0.39 is 0 Å². The average Bonchev–Trinajstić information content (AvgIpc) is 2.48. The Balaban J connectivity index is 2.28. The number of esters is 1. The number of thioether (sulfide) groups is 1. The third-order valence-corrected chi connectivity index (χ3v) is 3.93. The quantitative estimate of drug-likeness (QED) is 0.505. The smallest absolute Gasteiger partial charge is 0.306 e. The summed E-state index contributed by atoms with van der Waals surface area (Å²) in [5.74, 6) is 0.252. The van der Waals surface area contributed by atoms with Crippen molar-refractivity contribution in [1.29, 1.82) is 0 Å². The van der Waals surface area contributed by atoms with Crippen LogP contribution < -0.4 is 0 Å². The van der Waals surface area contributed by atoms with E-state index in [9.17, 15) is 9.59 Å². The van der Waals surface area contributed by atoms with E-state index in [1.54, 1.807) is 0 Å². The fraction of sp³-hybridized carbons (Fsp3) is 0.529. The lowest BCUT2D eigenvalue weighted by molar-refractivity contribution is -0.143. The Labute approximate surface area is 131 Å². The van der Waals surface area contributed by atoms with Crippen LogP contribution in [0, 0.1) is 0 Å². The molecule has 0 aliphatic heterocycles. The highest BCUT2D eigenvalue weighted by molar-refractivity contribution is 8.14. The Morgan fingerprint density at radius 2 is 1.81 bits per heavy atom. The van der Waals surface area contributed by atoms with E-state index in [2.05, 4.69) is 6.92 Å². The lowest BCUT2D eigenvalue weighted by Crippen LogP contribution is -2.07. The molecule has 0 bridgehead atoms. The summed E-state index contributed by atoms with van der Waals surface area (Å²) in [5, 5.41) is 0.0133. The predicted molar refractivity (Wildman–Crippen MR) is 87.7 cm³/mol. The number of rotatable bonds is 9. The van der Waals surface area contributed by atoms with Crippen LogP contribution in [0.2, 0.25) is 0 Å². The standard InChI is InChI=1S/C17H24O3S/c1-3-5-12-20-16(18)11-13-21-17(19)15-9-7-14(6-4-2)8-10-15/h7-10H,3-6,11-13H2,1-2H3. The van der Waals surface area contributed by atoms with Gasteiger partial charge in [0.2, 0.25) is 5.12 Å². The number of ether oxygens (including phenoxy) is 1. The molecule has 116 valence electrons. The minimum Gasteiger partial charge on any atom is -0.466 e. The molecule has 4 heteroatoms. The molecule has 0 radical (unpaired) electrons. The van der Waals surface area contributed by atoms with E-state index >= 15 is 0 Å². The fourth-order valence-electron chi connectivity index (χ4n) is 1.81. The third kappa shape index (κ3) is 7.32. The summed E-state index contributed by atoms with van der Waals surface area (Å²) >= 11 is 1.18. The van der Waals surface area contributed by atoms with Crippen LogP contribution in [0.4, 0.5) is 0 Å². The Hall–Kier alpha value is -1.29. The molecule has 1 aromatic rings. The zero-order valence-corrected chi connectivity index (χ0v) is 13.7. The molecule has 0 aliphatic rings. The lowest BCUT2D eigenvalue weighted by Gasteiger charge is -2.04. The number of hydrogen-bond acceptors (Lipinski definition) is 4. The van der Waals surface area contributed by atoms with Crippen LogP contribution >= 0.6 is 11.8 Å². The van der Waals surface area contributed by atoms with Crippen LogP contribution in [-0.2, 0) is 16.0 Å². The molecular weight excluding hydrogens is 284 g/mol. The first-order valence-electron chi connectivity index (χ1n) is 7.59. The van der Waals surface area contributed by atoms with Crippen molar-refractivity contribution in [1.82, 2.24) is 0 Å². The van der Waals surface area contributed by atoms with Gasteiger partial charge < -0.3 is 4.74 Å². The number of carbonyl (C=O) groups excluding carboxylic acids is 2. The van der Waals surface area contributed by atoms with Crippen molar-refractivity contribution in [3.8, 4) is 0 Å². The van der Waals surface area contributed by atoms with Gasteiger partial charge in [0.25, 0.3) is 0 Å². The summed E-state index contributed by atoms with van der Waals surface area (Å²) in [4.78, 5) is 23.4. The summed E-state index contributed by atoms with van der Waals surface area (Å²) < 4.78 is 5.05. The maximum Gasteiger partial charge on any atom is 0.306 e. The molecular formula is C17H24O3S. The van der Waals surface area contributed by atoms with E-state index in [1.807, 2.05) is 31.2 Å². The highest BCUT2D eigenvalue weighted by atomic mass is 32.2. The van der Waals surface area contributed by atoms with E-state index in [0.29, 0.717) is 17.9 Å². The number of benzene rings is 1. The molecule has 0 atom stereocenters. The molecule has 0 saturated carbocycles. The van der Waals surface area contributed by atoms with Gasteiger partial charge in [-0.3, -0.25) is 9.59 Å². The van der Waals surface area contributed by atoms with Gasteiger partial charge in [-0.05, 0) is 18.4 Å². The van der Waals surface area contributed by atoms with E-state index in [0.717, 1.165) is 25.7 Å². The zero-order valence-electron chi connectivity index (χ0n) is 12.9. The Morgan fingerprint density at radius 1 is 1.10 bits per heavy atom. The first-order valence-corrected chi connectivity index (χ1v) is 8.57. The van der Waals surface area contributed by atoms with Crippen molar-refractivity contribution >= 4 is 22.8 Å². The number of aryl methyl sites for hydroxylation is 1. The molecule has 0 N–H and O–H groups in total. The molecule has 0 amide bonds. The van der Waals surface area contributed by atoms with Crippen molar-refractivity contribution in [2.24, 2.45) is 0 Å². The van der Waals surface area contributed by atoms with E-state index in [4.69, 9.17) is 4.74 Å². The summed E-state index contributed by atoms with van der Waals surface area (Å²) in [6.45, 7) is 4.66. The van der Waals surface area contributed by atoms with Crippen molar-refractivity contribution in [3.63, 3.8) is 0 Å². The van der Waals surface area contributed by atoms with Gasteiger partial charge in [-0.2, -0.15) is 0 Å². The van der Waals surface area contributed by atoms with Crippen LogP contribution in [0.3, 0.4) is 0 Å². The summed E-state index contributed by atoms with van der Waals surface area (Å²) in [5.41, 5.74) is 1.94. The van der Waals surface area contributed by atoms with Gasteiger partial charge in [0.15, 0.2) is 0 Å². The van der Waals surface area contributed by atoms with Crippen LogP contribution in [0.1, 0.15) is 55.5 Å². The fourth-order valence-corrected chi connectivity index (χ4v) is 2.57. The van der Waals surface area contributed by atoms with Crippen LogP contribution in [0.5, 0.6) is 0 Å². The van der Waals surface area contributed by atoms with Gasteiger partial charge in [-0.15, -0.1) is 0 Å². The Bertz CT molecular complexity index is 440. The molecule has 21 heavy (non-hydrogen) atoms. The number of unbranched alkanes of at least 4 members (excludes halogenated alkanes) is 1. The summed E-state index contributed by atoms with van der Waals surface area (Å²) in [7, 11) is 0. The van der Waals surface area contributed by atoms with Gasteiger partial charge in [0.05, 0.1) is 13.0 Å². The van der Waals surface area contributed by atoms with Crippen molar-refractivity contribution < 1.29 is 14.3 Å². The second-order valence-corrected chi connectivity index (χ2v) is 5.97. The SMILES string of the molecule is CCCCOC(=O)CCSC(=O)c1ccc(CCC)cc1. The molecule has 1 aromatic carbocycles. The van der Waals surface area contributed by atoms with Crippen LogP contribution in [-0.4, -0.2) is 23.4 Å². The Kier molecular flexibility index (Phi) is 8.83. The number of hydrogen-bond donors (Lipinski definition) is 0. The van der Waals surface area contributed by atoms with Gasteiger partial charge in [0.1, 0.15) is 0 Å². The molecule has 0 fully saturated rings. The van der Waals surface area contributed by atoms with Gasteiger partial charge in [-0.25, -0.2) is 0 Å². The largest absolute Gasteiger partial charge is 0.466 e. The third-order valence-electron chi connectivity index (χ3n) is 3.03. The average molecular weight is 308 g/mol. The highest BCUT2D eigenvalue weighted by Gasteiger charge is 2.09. The second kappa shape index (κ2) is 10.4. The summed E-state index contributed by atoms with van der Waals surface area (Å²) in [6.07, 6.45) is 4.32. The lowest BCUT2D eigenvalue weighted by atomic mass is 10.1. The molecule has 0 saturated heterocycles. The molecule has 1 rings (SSSR count).